The zero-order valence-electron chi connectivity index (χ0n) is 15.3. The van der Waals surface area contributed by atoms with Crippen molar-refractivity contribution in [1.82, 2.24) is 9.78 Å². The van der Waals surface area contributed by atoms with Crippen LogP contribution in [0, 0.1) is 5.92 Å². The molecule has 6 heteroatoms. The summed E-state index contributed by atoms with van der Waals surface area (Å²) < 4.78 is 1.34. The number of hydrogen-bond acceptors (Lipinski definition) is 4. The summed E-state index contributed by atoms with van der Waals surface area (Å²) in [4.78, 5) is 26.4. The number of anilines is 2. The van der Waals surface area contributed by atoms with Crippen LogP contribution in [-0.2, 0) is 6.54 Å². The third-order valence-corrected chi connectivity index (χ3v) is 3.89. The van der Waals surface area contributed by atoms with Crippen LogP contribution in [0.1, 0.15) is 38.2 Å². The highest BCUT2D eigenvalue weighted by molar-refractivity contribution is 6.02. The van der Waals surface area contributed by atoms with E-state index in [9.17, 15) is 9.59 Å². The molecule has 0 bridgehead atoms. The Labute approximate surface area is 148 Å². The van der Waals surface area contributed by atoms with Gasteiger partial charge in [0.2, 0.25) is 0 Å². The van der Waals surface area contributed by atoms with Gasteiger partial charge in [-0.1, -0.05) is 13.8 Å². The van der Waals surface area contributed by atoms with Gasteiger partial charge in [0.15, 0.2) is 0 Å². The number of amides is 1. The van der Waals surface area contributed by atoms with Crippen LogP contribution in [0.4, 0.5) is 11.4 Å². The first-order valence-corrected chi connectivity index (χ1v) is 8.69. The maximum absolute atomic E-state index is 12.4. The Balaban J connectivity index is 2.13. The molecule has 0 fully saturated rings. The highest BCUT2D eigenvalue weighted by atomic mass is 16.2. The van der Waals surface area contributed by atoms with Crippen molar-refractivity contribution in [2.45, 2.75) is 34.2 Å². The van der Waals surface area contributed by atoms with E-state index in [2.05, 4.69) is 29.2 Å². The second-order valence-corrected chi connectivity index (χ2v) is 6.31. The predicted octanol–water partition coefficient (Wildman–Crippen LogP) is 3.00. The maximum atomic E-state index is 12.4. The minimum atomic E-state index is -0.326. The molecule has 0 spiro atoms. The number of nitrogens with zero attached hydrogens (tertiary/aromatic N) is 3. The largest absolute Gasteiger partial charge is 0.372 e. The number of nitrogens with one attached hydrogen (secondary N) is 1. The molecule has 0 saturated heterocycles. The minimum Gasteiger partial charge on any atom is -0.372 e. The van der Waals surface area contributed by atoms with Crippen molar-refractivity contribution < 1.29 is 4.79 Å². The van der Waals surface area contributed by atoms with Gasteiger partial charge < -0.3 is 10.2 Å². The van der Waals surface area contributed by atoms with Crippen molar-refractivity contribution in [2.24, 2.45) is 5.92 Å². The normalized spacial score (nSPS) is 10.8. The monoisotopic (exact) mass is 342 g/mol. The number of aromatic nitrogens is 2. The fourth-order valence-corrected chi connectivity index (χ4v) is 2.59. The molecular formula is C19H26N4O2. The predicted molar refractivity (Wildman–Crippen MR) is 101 cm³/mol. The Morgan fingerprint density at radius 3 is 2.32 bits per heavy atom. The standard InChI is InChI=1S/C19H26N4O2/c1-5-22(6-2)16-9-7-15(8-10-16)20-19(25)17-11-12-18(24)23(21-17)13-14(3)4/h7-12,14H,5-6,13H2,1-4H3,(H,20,25). The molecule has 25 heavy (non-hydrogen) atoms. The summed E-state index contributed by atoms with van der Waals surface area (Å²) in [5, 5.41) is 6.99. The fraction of sp³-hybridized carbons (Fsp3) is 0.421. The Kier molecular flexibility index (Phi) is 6.33. The lowest BCUT2D eigenvalue weighted by Crippen LogP contribution is -2.27. The zero-order chi connectivity index (χ0) is 18.4. The smallest absolute Gasteiger partial charge is 0.276 e. The third kappa shape index (κ3) is 4.92. The number of hydrogen-bond donors (Lipinski definition) is 1. The number of carbonyl (C=O) groups is 1. The molecule has 0 saturated carbocycles. The molecule has 0 atom stereocenters. The highest BCUT2D eigenvalue weighted by Crippen LogP contribution is 2.18. The minimum absolute atomic E-state index is 0.200. The van der Waals surface area contributed by atoms with Gasteiger partial charge in [0.25, 0.3) is 11.5 Å². The lowest BCUT2D eigenvalue weighted by atomic mass is 10.2. The highest BCUT2D eigenvalue weighted by Gasteiger charge is 2.11. The molecule has 1 heterocycles. The average Bonchev–Trinajstić information content (AvgIpc) is 2.59. The van der Waals surface area contributed by atoms with E-state index < -0.39 is 0 Å². The number of rotatable bonds is 7. The Bertz CT molecular complexity index is 762. The van der Waals surface area contributed by atoms with Crippen LogP contribution in [0.15, 0.2) is 41.2 Å². The summed E-state index contributed by atoms with van der Waals surface area (Å²) in [6.07, 6.45) is 0. The van der Waals surface area contributed by atoms with Crippen LogP contribution < -0.4 is 15.8 Å². The molecule has 1 aromatic carbocycles. The molecule has 1 aromatic heterocycles. The van der Waals surface area contributed by atoms with Gasteiger partial charge in [-0.3, -0.25) is 9.59 Å². The van der Waals surface area contributed by atoms with Crippen LogP contribution in [0.2, 0.25) is 0 Å². The van der Waals surface area contributed by atoms with Gasteiger partial charge in [0, 0.05) is 37.1 Å². The summed E-state index contributed by atoms with van der Waals surface area (Å²) in [6, 6.07) is 10.5. The summed E-state index contributed by atoms with van der Waals surface area (Å²) in [7, 11) is 0. The van der Waals surface area contributed by atoms with Crippen molar-refractivity contribution in [2.75, 3.05) is 23.3 Å². The summed E-state index contributed by atoms with van der Waals surface area (Å²) >= 11 is 0. The second kappa shape index (κ2) is 8.46. The molecule has 2 rings (SSSR count). The van der Waals surface area contributed by atoms with Crippen LogP contribution in [0.3, 0.4) is 0 Å². The third-order valence-electron chi connectivity index (χ3n) is 3.89. The van der Waals surface area contributed by atoms with E-state index >= 15 is 0 Å². The molecule has 6 nitrogen and oxygen atoms in total. The van der Waals surface area contributed by atoms with E-state index in [1.54, 1.807) is 0 Å². The number of carbonyl (C=O) groups excluding carboxylic acids is 1. The Morgan fingerprint density at radius 1 is 1.12 bits per heavy atom. The van der Waals surface area contributed by atoms with E-state index in [-0.39, 0.29) is 23.1 Å². The SMILES string of the molecule is CCN(CC)c1ccc(NC(=O)c2ccc(=O)n(CC(C)C)n2)cc1. The van der Waals surface area contributed by atoms with Gasteiger partial charge in [-0.05, 0) is 50.1 Å². The van der Waals surface area contributed by atoms with Gasteiger partial charge in [0.05, 0.1) is 0 Å². The first-order valence-electron chi connectivity index (χ1n) is 8.69. The van der Waals surface area contributed by atoms with Gasteiger partial charge >= 0.3 is 0 Å². The quantitative estimate of drug-likeness (QED) is 0.840. The van der Waals surface area contributed by atoms with Gasteiger partial charge in [-0.2, -0.15) is 5.10 Å². The molecule has 0 unspecified atom stereocenters. The van der Waals surface area contributed by atoms with Crippen molar-refractivity contribution in [3.63, 3.8) is 0 Å². The number of benzene rings is 1. The summed E-state index contributed by atoms with van der Waals surface area (Å²) in [5.41, 5.74) is 1.85. The van der Waals surface area contributed by atoms with Crippen LogP contribution in [0.5, 0.6) is 0 Å². The van der Waals surface area contributed by atoms with E-state index in [0.717, 1.165) is 18.8 Å². The molecule has 1 N–H and O–H groups in total. The van der Waals surface area contributed by atoms with Gasteiger partial charge in [-0.25, -0.2) is 4.68 Å². The van der Waals surface area contributed by atoms with E-state index in [1.165, 1.54) is 16.8 Å². The summed E-state index contributed by atoms with van der Waals surface area (Å²) in [6.45, 7) is 10.6. The lowest BCUT2D eigenvalue weighted by Gasteiger charge is -2.21. The molecule has 0 radical (unpaired) electrons. The maximum Gasteiger partial charge on any atom is 0.276 e. The molecule has 134 valence electrons. The topological polar surface area (TPSA) is 67.2 Å². The van der Waals surface area contributed by atoms with E-state index in [4.69, 9.17) is 0 Å². The van der Waals surface area contributed by atoms with Crippen molar-refractivity contribution in [3.05, 3.63) is 52.4 Å². The molecule has 0 aliphatic heterocycles. The fourth-order valence-electron chi connectivity index (χ4n) is 2.59. The molecule has 0 aliphatic carbocycles. The second-order valence-electron chi connectivity index (χ2n) is 6.31. The van der Waals surface area contributed by atoms with Crippen LogP contribution >= 0.6 is 0 Å². The van der Waals surface area contributed by atoms with E-state index in [0.29, 0.717) is 12.2 Å². The first kappa shape index (κ1) is 18.7. The molecular weight excluding hydrogens is 316 g/mol. The van der Waals surface area contributed by atoms with Crippen LogP contribution in [-0.4, -0.2) is 28.8 Å². The lowest BCUT2D eigenvalue weighted by molar-refractivity contribution is 0.101. The Hall–Kier alpha value is -2.63. The van der Waals surface area contributed by atoms with Gasteiger partial charge in [0.1, 0.15) is 5.69 Å². The Morgan fingerprint density at radius 2 is 1.76 bits per heavy atom. The molecule has 0 aliphatic rings. The average molecular weight is 342 g/mol. The van der Waals surface area contributed by atoms with Crippen molar-refractivity contribution >= 4 is 17.3 Å². The zero-order valence-corrected chi connectivity index (χ0v) is 15.3. The van der Waals surface area contributed by atoms with Crippen LogP contribution in [0.25, 0.3) is 0 Å². The van der Waals surface area contributed by atoms with Gasteiger partial charge in [-0.15, -0.1) is 0 Å². The molecule has 2 aromatic rings. The van der Waals surface area contributed by atoms with E-state index in [1.807, 2.05) is 38.1 Å². The first-order chi connectivity index (χ1) is 11.9. The summed E-state index contributed by atoms with van der Waals surface area (Å²) in [5.74, 6) is -0.0516. The molecule has 1 amide bonds. The van der Waals surface area contributed by atoms with Crippen molar-refractivity contribution in [3.8, 4) is 0 Å². The van der Waals surface area contributed by atoms with Crippen molar-refractivity contribution in [1.29, 1.82) is 0 Å².